The number of urea groups is 2. The van der Waals surface area contributed by atoms with Gasteiger partial charge in [-0.2, -0.15) is 0 Å². The lowest BCUT2D eigenvalue weighted by Gasteiger charge is -2.27. The summed E-state index contributed by atoms with van der Waals surface area (Å²) in [7, 11) is 0. The number of amides is 4. The van der Waals surface area contributed by atoms with Crippen LogP contribution in [0.4, 0.5) is 9.59 Å². The van der Waals surface area contributed by atoms with E-state index in [-0.39, 0.29) is 18.5 Å². The molecule has 0 aromatic rings. The molecule has 18 heavy (non-hydrogen) atoms. The van der Waals surface area contributed by atoms with Crippen molar-refractivity contribution in [2.75, 3.05) is 19.6 Å². The van der Waals surface area contributed by atoms with Crippen molar-refractivity contribution in [1.29, 1.82) is 0 Å². The van der Waals surface area contributed by atoms with Crippen molar-refractivity contribution in [1.82, 2.24) is 15.5 Å². The maximum Gasteiger partial charge on any atom is 0.325 e. The zero-order valence-electron chi connectivity index (χ0n) is 10.5. The molecular weight excluding hydrogens is 234 g/mol. The molecule has 1 saturated carbocycles. The van der Waals surface area contributed by atoms with Crippen molar-refractivity contribution < 1.29 is 14.7 Å². The minimum absolute atomic E-state index is 0.229. The molecule has 102 valence electrons. The van der Waals surface area contributed by atoms with Gasteiger partial charge in [0.2, 0.25) is 0 Å². The predicted molar refractivity (Wildman–Crippen MR) is 66.1 cm³/mol. The van der Waals surface area contributed by atoms with E-state index in [1.54, 1.807) is 0 Å². The van der Waals surface area contributed by atoms with E-state index in [1.807, 2.05) is 0 Å². The predicted octanol–water partition coefficient (Wildman–Crippen LogP) is 0.662. The first-order valence-corrected chi connectivity index (χ1v) is 6.70. The lowest BCUT2D eigenvalue weighted by atomic mass is 9.85. The Morgan fingerprint density at radius 3 is 2.78 bits per heavy atom. The molecule has 3 N–H and O–H groups in total. The molecular formula is C12H21N3O3. The largest absolute Gasteiger partial charge is 0.391 e. The third-order valence-corrected chi connectivity index (χ3v) is 3.76. The Morgan fingerprint density at radius 2 is 2.17 bits per heavy atom. The van der Waals surface area contributed by atoms with Crippen molar-refractivity contribution in [2.45, 2.75) is 38.2 Å². The van der Waals surface area contributed by atoms with Gasteiger partial charge in [-0.1, -0.05) is 19.3 Å². The first-order chi connectivity index (χ1) is 8.68. The minimum atomic E-state index is -0.500. The van der Waals surface area contributed by atoms with Crippen LogP contribution in [0.5, 0.6) is 0 Å². The molecule has 1 atom stereocenters. The van der Waals surface area contributed by atoms with Gasteiger partial charge in [-0.25, -0.2) is 14.5 Å². The molecule has 1 aliphatic heterocycles. The molecule has 1 heterocycles. The van der Waals surface area contributed by atoms with E-state index in [1.165, 1.54) is 6.42 Å². The number of rotatable bonds is 3. The smallest absolute Gasteiger partial charge is 0.325 e. The lowest BCUT2D eigenvalue weighted by Crippen LogP contribution is -2.45. The molecule has 1 saturated heterocycles. The number of imide groups is 1. The molecule has 4 amide bonds. The monoisotopic (exact) mass is 255 g/mol. The topological polar surface area (TPSA) is 81.7 Å². The van der Waals surface area contributed by atoms with Gasteiger partial charge in [0.05, 0.1) is 6.10 Å². The second-order valence-corrected chi connectivity index (χ2v) is 5.04. The van der Waals surface area contributed by atoms with Gasteiger partial charge in [0, 0.05) is 19.6 Å². The normalized spacial score (nSPS) is 22.7. The average Bonchev–Trinajstić information content (AvgIpc) is 2.83. The first-order valence-electron chi connectivity index (χ1n) is 6.70. The maximum absolute atomic E-state index is 11.7. The molecule has 0 aromatic heterocycles. The van der Waals surface area contributed by atoms with Crippen molar-refractivity contribution in [3.8, 4) is 0 Å². The van der Waals surface area contributed by atoms with Crippen LogP contribution in [0.15, 0.2) is 0 Å². The molecule has 0 unspecified atom stereocenters. The number of hydrogen-bond acceptors (Lipinski definition) is 3. The average molecular weight is 255 g/mol. The number of aliphatic hydroxyl groups is 1. The van der Waals surface area contributed by atoms with Crippen LogP contribution in [-0.4, -0.2) is 47.8 Å². The summed E-state index contributed by atoms with van der Waals surface area (Å²) >= 11 is 0. The third kappa shape index (κ3) is 3.13. The Bertz CT molecular complexity index is 316. The van der Waals surface area contributed by atoms with Crippen LogP contribution in [0.3, 0.4) is 0 Å². The van der Waals surface area contributed by atoms with Gasteiger partial charge in [0.25, 0.3) is 0 Å². The fourth-order valence-corrected chi connectivity index (χ4v) is 2.64. The van der Waals surface area contributed by atoms with Crippen LogP contribution in [0.25, 0.3) is 0 Å². The number of aliphatic hydroxyl groups excluding tert-OH is 1. The highest BCUT2D eigenvalue weighted by molar-refractivity contribution is 5.94. The van der Waals surface area contributed by atoms with E-state index in [9.17, 15) is 14.7 Å². The highest BCUT2D eigenvalue weighted by atomic mass is 16.3. The lowest BCUT2D eigenvalue weighted by molar-refractivity contribution is 0.0846. The van der Waals surface area contributed by atoms with Crippen molar-refractivity contribution in [3.05, 3.63) is 0 Å². The number of nitrogens with zero attached hydrogens (tertiary/aromatic N) is 1. The van der Waals surface area contributed by atoms with E-state index < -0.39 is 12.1 Å². The fourth-order valence-electron chi connectivity index (χ4n) is 2.64. The zero-order chi connectivity index (χ0) is 13.0. The Hall–Kier alpha value is -1.30. The molecule has 2 aliphatic rings. The van der Waals surface area contributed by atoms with Gasteiger partial charge in [0.1, 0.15) is 0 Å². The molecule has 0 radical (unpaired) electrons. The summed E-state index contributed by atoms with van der Waals surface area (Å²) in [6.45, 7) is 1.12. The van der Waals surface area contributed by atoms with Gasteiger partial charge in [0.15, 0.2) is 0 Å². The first kappa shape index (κ1) is 13.1. The van der Waals surface area contributed by atoms with Crippen LogP contribution in [0, 0.1) is 5.92 Å². The van der Waals surface area contributed by atoms with Crippen molar-refractivity contribution >= 4 is 12.1 Å². The standard InChI is InChI=1S/C12H21N3O3/c16-10(9-4-2-1-3-5-9)8-14-12(18)15-7-6-13-11(15)17/h9-10,16H,1-8H2,(H,13,17)(H,14,18)/t10-/m1/s1. The molecule has 6 heteroatoms. The number of hydrogen-bond donors (Lipinski definition) is 3. The van der Waals surface area contributed by atoms with Gasteiger partial charge in [-0.15, -0.1) is 0 Å². The van der Waals surface area contributed by atoms with E-state index >= 15 is 0 Å². The second-order valence-electron chi connectivity index (χ2n) is 5.04. The second kappa shape index (κ2) is 6.04. The Kier molecular flexibility index (Phi) is 4.41. The summed E-state index contributed by atoms with van der Waals surface area (Å²) in [6.07, 6.45) is 5.11. The maximum atomic E-state index is 11.7. The SMILES string of the molecule is O=C1NCCN1C(=O)NC[C@@H](O)C1CCCCC1. The number of carbonyl (C=O) groups excluding carboxylic acids is 2. The fraction of sp³-hybridized carbons (Fsp3) is 0.833. The van der Waals surface area contributed by atoms with Gasteiger partial charge in [-0.3, -0.25) is 0 Å². The Balaban J connectivity index is 1.73. The quantitative estimate of drug-likeness (QED) is 0.693. The summed E-state index contributed by atoms with van der Waals surface area (Å²) < 4.78 is 0. The molecule has 0 spiro atoms. The number of nitrogens with one attached hydrogen (secondary N) is 2. The number of carbonyl (C=O) groups is 2. The summed E-state index contributed by atoms with van der Waals surface area (Å²) in [5.41, 5.74) is 0. The molecule has 6 nitrogen and oxygen atoms in total. The zero-order valence-corrected chi connectivity index (χ0v) is 10.5. The molecule has 0 bridgehead atoms. The summed E-state index contributed by atoms with van der Waals surface area (Å²) in [6, 6.07) is -0.778. The molecule has 1 aliphatic carbocycles. The van der Waals surface area contributed by atoms with Gasteiger partial charge < -0.3 is 15.7 Å². The Labute approximate surface area is 107 Å². The minimum Gasteiger partial charge on any atom is -0.391 e. The van der Waals surface area contributed by atoms with Crippen LogP contribution in [0.1, 0.15) is 32.1 Å². The van der Waals surface area contributed by atoms with Gasteiger partial charge in [-0.05, 0) is 18.8 Å². The summed E-state index contributed by atoms with van der Waals surface area (Å²) in [5.74, 6) is 0.284. The van der Waals surface area contributed by atoms with Crippen LogP contribution >= 0.6 is 0 Å². The summed E-state index contributed by atoms with van der Waals surface area (Å²) in [5, 5.41) is 15.2. The van der Waals surface area contributed by atoms with Gasteiger partial charge >= 0.3 is 12.1 Å². The molecule has 0 aromatic carbocycles. The molecule has 2 rings (SSSR count). The van der Waals surface area contributed by atoms with E-state index in [2.05, 4.69) is 10.6 Å². The molecule has 2 fully saturated rings. The Morgan fingerprint density at radius 1 is 1.44 bits per heavy atom. The van der Waals surface area contributed by atoms with Crippen molar-refractivity contribution in [2.24, 2.45) is 5.92 Å². The van der Waals surface area contributed by atoms with Crippen LogP contribution in [-0.2, 0) is 0 Å². The van der Waals surface area contributed by atoms with E-state index in [0.29, 0.717) is 13.1 Å². The van der Waals surface area contributed by atoms with E-state index in [4.69, 9.17) is 0 Å². The van der Waals surface area contributed by atoms with Crippen molar-refractivity contribution in [3.63, 3.8) is 0 Å². The highest BCUT2D eigenvalue weighted by Crippen LogP contribution is 2.26. The summed E-state index contributed by atoms with van der Waals surface area (Å²) in [4.78, 5) is 24.1. The highest BCUT2D eigenvalue weighted by Gasteiger charge is 2.27. The van der Waals surface area contributed by atoms with Crippen LogP contribution in [0.2, 0.25) is 0 Å². The van der Waals surface area contributed by atoms with E-state index in [0.717, 1.165) is 30.6 Å². The third-order valence-electron chi connectivity index (χ3n) is 3.76. The van der Waals surface area contributed by atoms with Crippen LogP contribution < -0.4 is 10.6 Å².